The van der Waals surface area contributed by atoms with Crippen molar-refractivity contribution in [1.29, 1.82) is 0 Å². The van der Waals surface area contributed by atoms with E-state index in [9.17, 15) is 18.0 Å². The molecule has 0 saturated heterocycles. The monoisotopic (exact) mass is 240 g/mol. The first kappa shape index (κ1) is 11.4. The minimum atomic E-state index is -4.46. The fraction of sp³-hybridized carbons (Fsp3) is 0.0909. The molecule has 6 heteroatoms. The van der Waals surface area contributed by atoms with Gasteiger partial charge in [-0.05, 0) is 12.1 Å². The van der Waals surface area contributed by atoms with E-state index in [2.05, 4.69) is 9.97 Å². The second-order valence-electron chi connectivity index (χ2n) is 3.33. The zero-order valence-electron chi connectivity index (χ0n) is 8.45. The van der Waals surface area contributed by atoms with Crippen LogP contribution >= 0.6 is 0 Å². The predicted octanol–water partition coefficient (Wildman–Crippen LogP) is 2.46. The largest absolute Gasteiger partial charge is 0.417 e. The summed E-state index contributed by atoms with van der Waals surface area (Å²) in [6.45, 7) is 0. The summed E-state index contributed by atoms with van der Waals surface area (Å²) in [6.07, 6.45) is -3.29. The molecule has 0 saturated carbocycles. The molecule has 0 aliphatic rings. The van der Waals surface area contributed by atoms with Gasteiger partial charge < -0.3 is 4.98 Å². The summed E-state index contributed by atoms with van der Waals surface area (Å²) in [6, 6.07) is 6.36. The van der Waals surface area contributed by atoms with Crippen molar-refractivity contribution in [3.05, 3.63) is 52.6 Å². The molecule has 1 N–H and O–H groups in total. The smallest absolute Gasteiger partial charge is 0.305 e. The van der Waals surface area contributed by atoms with Gasteiger partial charge in [-0.25, -0.2) is 9.78 Å². The van der Waals surface area contributed by atoms with Gasteiger partial charge in [-0.1, -0.05) is 18.2 Å². The van der Waals surface area contributed by atoms with Gasteiger partial charge in [0.25, 0.3) is 0 Å². The Morgan fingerprint density at radius 2 is 1.82 bits per heavy atom. The van der Waals surface area contributed by atoms with E-state index in [1.54, 1.807) is 0 Å². The van der Waals surface area contributed by atoms with Crippen LogP contribution in [0.1, 0.15) is 5.56 Å². The van der Waals surface area contributed by atoms with Crippen LogP contribution in [0.3, 0.4) is 0 Å². The molecule has 0 unspecified atom stereocenters. The Kier molecular flexibility index (Phi) is 2.71. The van der Waals surface area contributed by atoms with Gasteiger partial charge >= 0.3 is 11.9 Å². The van der Waals surface area contributed by atoms with Crippen LogP contribution in [0.15, 0.2) is 41.3 Å². The number of nitrogens with one attached hydrogen (secondary N) is 1. The third-order valence-corrected chi connectivity index (χ3v) is 2.20. The second kappa shape index (κ2) is 4.04. The van der Waals surface area contributed by atoms with Gasteiger partial charge in [0, 0.05) is 11.8 Å². The summed E-state index contributed by atoms with van der Waals surface area (Å²) >= 11 is 0. The van der Waals surface area contributed by atoms with E-state index in [1.807, 2.05) is 0 Å². The maximum absolute atomic E-state index is 12.7. The highest BCUT2D eigenvalue weighted by atomic mass is 19.4. The van der Waals surface area contributed by atoms with Gasteiger partial charge in [-0.2, -0.15) is 13.2 Å². The molecule has 88 valence electrons. The van der Waals surface area contributed by atoms with Crippen molar-refractivity contribution >= 4 is 0 Å². The lowest BCUT2D eigenvalue weighted by atomic mass is 10.0. The lowest BCUT2D eigenvalue weighted by Crippen LogP contribution is -2.12. The highest BCUT2D eigenvalue weighted by Crippen LogP contribution is 2.35. The highest BCUT2D eigenvalue weighted by Gasteiger charge is 2.33. The Bertz CT molecular complexity index is 590. The van der Waals surface area contributed by atoms with E-state index in [1.165, 1.54) is 30.5 Å². The minimum absolute atomic E-state index is 0.0699. The molecule has 2 aromatic rings. The normalized spacial score (nSPS) is 11.5. The van der Waals surface area contributed by atoms with Crippen LogP contribution in [0, 0.1) is 0 Å². The molecular weight excluding hydrogens is 233 g/mol. The Morgan fingerprint density at radius 3 is 2.47 bits per heavy atom. The number of hydrogen-bond acceptors (Lipinski definition) is 2. The third-order valence-electron chi connectivity index (χ3n) is 2.20. The van der Waals surface area contributed by atoms with Crippen LogP contribution in [0.2, 0.25) is 0 Å². The molecule has 0 amide bonds. The third kappa shape index (κ3) is 2.35. The molecular formula is C11H7F3N2O. The van der Waals surface area contributed by atoms with E-state index < -0.39 is 17.4 Å². The van der Waals surface area contributed by atoms with Crippen LogP contribution in [0.4, 0.5) is 13.2 Å². The molecule has 0 bridgehead atoms. The summed E-state index contributed by atoms with van der Waals surface area (Å²) in [5.74, 6) is 0. The Balaban J connectivity index is 2.64. The summed E-state index contributed by atoms with van der Waals surface area (Å²) < 4.78 is 38.2. The van der Waals surface area contributed by atoms with Crippen molar-refractivity contribution in [2.45, 2.75) is 6.18 Å². The molecule has 0 radical (unpaired) electrons. The van der Waals surface area contributed by atoms with Gasteiger partial charge in [-0.3, -0.25) is 0 Å². The molecule has 0 atom stereocenters. The van der Waals surface area contributed by atoms with Gasteiger partial charge in [0.1, 0.15) is 0 Å². The Morgan fingerprint density at radius 1 is 1.12 bits per heavy atom. The van der Waals surface area contributed by atoms with Crippen molar-refractivity contribution < 1.29 is 13.2 Å². The highest BCUT2D eigenvalue weighted by molar-refractivity contribution is 5.63. The average molecular weight is 240 g/mol. The van der Waals surface area contributed by atoms with Crippen LogP contribution in [-0.4, -0.2) is 9.97 Å². The van der Waals surface area contributed by atoms with Crippen molar-refractivity contribution in [3.63, 3.8) is 0 Å². The number of alkyl halides is 3. The van der Waals surface area contributed by atoms with E-state index in [0.29, 0.717) is 0 Å². The molecule has 0 aliphatic heterocycles. The summed E-state index contributed by atoms with van der Waals surface area (Å²) in [4.78, 5) is 16.6. The van der Waals surface area contributed by atoms with Crippen molar-refractivity contribution in [1.82, 2.24) is 9.97 Å². The lowest BCUT2D eigenvalue weighted by Gasteiger charge is -2.11. The molecule has 0 spiro atoms. The van der Waals surface area contributed by atoms with Gasteiger partial charge in [-0.15, -0.1) is 0 Å². The summed E-state index contributed by atoms with van der Waals surface area (Å²) in [5.41, 5.74) is -1.45. The molecule has 0 aliphatic carbocycles. The number of hydrogen-bond donors (Lipinski definition) is 1. The SMILES string of the molecule is O=c1nccc(-c2ccccc2C(F)(F)F)[nH]1. The number of aromatic nitrogens is 2. The molecule has 17 heavy (non-hydrogen) atoms. The van der Waals surface area contributed by atoms with Gasteiger partial charge in [0.2, 0.25) is 0 Å². The summed E-state index contributed by atoms with van der Waals surface area (Å²) in [5, 5.41) is 0. The molecule has 1 aromatic carbocycles. The van der Waals surface area contributed by atoms with Crippen LogP contribution in [0.5, 0.6) is 0 Å². The Labute approximate surface area is 94.0 Å². The zero-order valence-corrected chi connectivity index (χ0v) is 8.45. The molecule has 3 nitrogen and oxygen atoms in total. The lowest BCUT2D eigenvalue weighted by molar-refractivity contribution is -0.137. The zero-order chi connectivity index (χ0) is 12.5. The van der Waals surface area contributed by atoms with E-state index >= 15 is 0 Å². The number of H-pyrrole nitrogens is 1. The molecule has 0 fully saturated rings. The maximum Gasteiger partial charge on any atom is 0.417 e. The molecule has 1 aromatic heterocycles. The van der Waals surface area contributed by atoms with E-state index in [4.69, 9.17) is 0 Å². The number of benzene rings is 1. The van der Waals surface area contributed by atoms with E-state index in [-0.39, 0.29) is 11.3 Å². The first-order valence-electron chi connectivity index (χ1n) is 4.70. The number of halogens is 3. The fourth-order valence-electron chi connectivity index (χ4n) is 1.49. The first-order chi connectivity index (χ1) is 7.98. The quantitative estimate of drug-likeness (QED) is 0.832. The molecule has 2 rings (SSSR count). The number of aromatic amines is 1. The molecule has 1 heterocycles. The van der Waals surface area contributed by atoms with Crippen molar-refractivity contribution in [3.8, 4) is 11.3 Å². The average Bonchev–Trinajstić information content (AvgIpc) is 2.28. The van der Waals surface area contributed by atoms with Gasteiger partial charge in [0.15, 0.2) is 0 Å². The van der Waals surface area contributed by atoms with Gasteiger partial charge in [0.05, 0.1) is 11.3 Å². The van der Waals surface area contributed by atoms with Crippen LogP contribution in [-0.2, 0) is 6.18 Å². The summed E-state index contributed by atoms with van der Waals surface area (Å²) in [7, 11) is 0. The standard InChI is InChI=1S/C11H7F3N2O/c12-11(13,14)8-4-2-1-3-7(8)9-5-6-15-10(17)16-9/h1-6H,(H,15,16,17). The van der Waals surface area contributed by atoms with Crippen molar-refractivity contribution in [2.75, 3.05) is 0 Å². The van der Waals surface area contributed by atoms with E-state index in [0.717, 1.165) is 6.07 Å². The second-order valence-corrected chi connectivity index (χ2v) is 3.33. The first-order valence-corrected chi connectivity index (χ1v) is 4.70. The van der Waals surface area contributed by atoms with Crippen LogP contribution in [0.25, 0.3) is 11.3 Å². The predicted molar refractivity (Wildman–Crippen MR) is 55.3 cm³/mol. The minimum Gasteiger partial charge on any atom is -0.305 e. The number of rotatable bonds is 1. The van der Waals surface area contributed by atoms with Crippen molar-refractivity contribution in [2.24, 2.45) is 0 Å². The fourth-order valence-corrected chi connectivity index (χ4v) is 1.49. The Hall–Kier alpha value is -2.11. The topological polar surface area (TPSA) is 45.8 Å². The van der Waals surface area contributed by atoms with Crippen LogP contribution < -0.4 is 5.69 Å². The maximum atomic E-state index is 12.7. The number of nitrogens with zero attached hydrogens (tertiary/aromatic N) is 1.